The smallest absolute Gasteiger partial charge is 0.216 e. The molecular weight excluding hydrogens is 386 g/mol. The van der Waals surface area contributed by atoms with Crippen LogP contribution in [0.1, 0.15) is 56.0 Å². The van der Waals surface area contributed by atoms with Crippen LogP contribution in [-0.4, -0.2) is 28.6 Å². The summed E-state index contributed by atoms with van der Waals surface area (Å²) in [6.07, 6.45) is 6.21. The molecule has 0 atom stereocenters. The number of hydrogen-bond donors (Lipinski definition) is 1. The SMILES string of the molecule is CC(=O)NCCCCCc1nc2ccccc2n1CCCCOc1c(C)cccc1C. The van der Waals surface area contributed by atoms with E-state index >= 15 is 0 Å². The zero-order chi connectivity index (χ0) is 22.1. The molecule has 0 bridgehead atoms. The van der Waals surface area contributed by atoms with Crippen molar-refractivity contribution >= 4 is 16.9 Å². The molecule has 3 aromatic rings. The molecule has 0 saturated heterocycles. The van der Waals surface area contributed by atoms with Crippen molar-refractivity contribution in [2.75, 3.05) is 13.2 Å². The van der Waals surface area contributed by atoms with E-state index in [2.05, 4.69) is 66.2 Å². The average Bonchev–Trinajstić information content (AvgIpc) is 3.09. The lowest BCUT2D eigenvalue weighted by atomic mass is 10.1. The molecule has 0 saturated carbocycles. The third kappa shape index (κ3) is 6.58. The Morgan fingerprint density at radius 3 is 2.52 bits per heavy atom. The number of unbranched alkanes of at least 4 members (excludes halogenated alkanes) is 3. The van der Waals surface area contributed by atoms with Gasteiger partial charge in [0.15, 0.2) is 0 Å². The molecule has 0 aliphatic heterocycles. The van der Waals surface area contributed by atoms with Gasteiger partial charge in [0.1, 0.15) is 11.6 Å². The van der Waals surface area contributed by atoms with E-state index in [0.29, 0.717) is 0 Å². The van der Waals surface area contributed by atoms with Gasteiger partial charge in [0.2, 0.25) is 5.91 Å². The summed E-state index contributed by atoms with van der Waals surface area (Å²) < 4.78 is 8.45. The molecule has 1 aromatic heterocycles. The maximum absolute atomic E-state index is 11.0. The minimum atomic E-state index is 0.0448. The first-order valence-corrected chi connectivity index (χ1v) is 11.4. The van der Waals surface area contributed by atoms with E-state index in [-0.39, 0.29) is 5.91 Å². The molecule has 0 radical (unpaired) electrons. The van der Waals surface area contributed by atoms with Crippen LogP contribution in [0, 0.1) is 13.8 Å². The van der Waals surface area contributed by atoms with E-state index in [1.165, 1.54) is 16.6 Å². The number of nitrogens with one attached hydrogen (secondary N) is 1. The normalized spacial score (nSPS) is 11.1. The average molecular weight is 422 g/mol. The fraction of sp³-hybridized carbons (Fsp3) is 0.462. The molecule has 3 rings (SSSR count). The van der Waals surface area contributed by atoms with E-state index in [1.807, 2.05) is 0 Å². The Bertz CT molecular complexity index is 973. The second-order valence-corrected chi connectivity index (χ2v) is 8.24. The number of amides is 1. The summed E-state index contributed by atoms with van der Waals surface area (Å²) in [7, 11) is 0. The number of fused-ring (bicyclic) bond motifs is 1. The predicted octanol–water partition coefficient (Wildman–Crippen LogP) is 5.36. The summed E-state index contributed by atoms with van der Waals surface area (Å²) in [6, 6.07) is 14.7. The van der Waals surface area contributed by atoms with Crippen LogP contribution in [0.15, 0.2) is 42.5 Å². The third-order valence-electron chi connectivity index (χ3n) is 5.62. The van der Waals surface area contributed by atoms with Crippen LogP contribution >= 0.6 is 0 Å². The van der Waals surface area contributed by atoms with Crippen molar-refractivity contribution in [1.82, 2.24) is 14.9 Å². The van der Waals surface area contributed by atoms with Crippen LogP contribution in [0.25, 0.3) is 11.0 Å². The second kappa shape index (κ2) is 11.5. The highest BCUT2D eigenvalue weighted by atomic mass is 16.5. The van der Waals surface area contributed by atoms with E-state index in [0.717, 1.165) is 75.3 Å². The van der Waals surface area contributed by atoms with Crippen LogP contribution in [0.3, 0.4) is 0 Å². The third-order valence-corrected chi connectivity index (χ3v) is 5.62. The first kappa shape index (κ1) is 22.9. The van der Waals surface area contributed by atoms with Crippen molar-refractivity contribution in [3.05, 3.63) is 59.4 Å². The Balaban J connectivity index is 1.51. The number of para-hydroxylation sites is 3. The molecule has 5 nitrogen and oxygen atoms in total. The summed E-state index contributed by atoms with van der Waals surface area (Å²) >= 11 is 0. The molecule has 0 aliphatic carbocycles. The summed E-state index contributed by atoms with van der Waals surface area (Å²) in [5, 5.41) is 2.86. The van der Waals surface area contributed by atoms with Gasteiger partial charge in [-0.3, -0.25) is 4.79 Å². The molecule has 1 amide bonds. The molecule has 5 heteroatoms. The standard InChI is InChI=1S/C26H35N3O2/c1-20-12-11-13-21(2)26(20)31-19-10-9-18-29-24-15-7-6-14-23(24)28-25(29)16-5-4-8-17-27-22(3)30/h6-7,11-15H,4-5,8-10,16-19H2,1-3H3,(H,27,30). The number of benzene rings is 2. The van der Waals surface area contributed by atoms with Crippen molar-refractivity contribution in [3.8, 4) is 5.75 Å². The number of imidazole rings is 1. The number of hydrogen-bond acceptors (Lipinski definition) is 3. The van der Waals surface area contributed by atoms with Gasteiger partial charge >= 0.3 is 0 Å². The van der Waals surface area contributed by atoms with Gasteiger partial charge in [0, 0.05) is 26.4 Å². The summed E-state index contributed by atoms with van der Waals surface area (Å²) in [5.74, 6) is 2.23. The van der Waals surface area contributed by atoms with Crippen molar-refractivity contribution in [2.24, 2.45) is 0 Å². The summed E-state index contributed by atoms with van der Waals surface area (Å²) in [4.78, 5) is 15.9. The predicted molar refractivity (Wildman–Crippen MR) is 127 cm³/mol. The van der Waals surface area contributed by atoms with Gasteiger partial charge in [-0.15, -0.1) is 0 Å². The Kier molecular flexibility index (Phi) is 8.51. The van der Waals surface area contributed by atoms with Gasteiger partial charge in [-0.25, -0.2) is 4.98 Å². The Morgan fingerprint density at radius 1 is 0.968 bits per heavy atom. The Labute approximate surface area is 185 Å². The quantitative estimate of drug-likeness (QED) is 0.401. The second-order valence-electron chi connectivity index (χ2n) is 8.24. The number of ether oxygens (including phenoxy) is 1. The highest BCUT2D eigenvalue weighted by Gasteiger charge is 2.10. The van der Waals surface area contributed by atoms with Crippen molar-refractivity contribution in [1.29, 1.82) is 0 Å². The minimum absolute atomic E-state index is 0.0448. The molecular formula is C26H35N3O2. The molecule has 166 valence electrons. The Morgan fingerprint density at radius 2 is 1.74 bits per heavy atom. The largest absolute Gasteiger partial charge is 0.493 e. The van der Waals surface area contributed by atoms with Crippen LogP contribution in [0.5, 0.6) is 5.75 Å². The van der Waals surface area contributed by atoms with Gasteiger partial charge in [-0.1, -0.05) is 36.8 Å². The molecule has 0 aliphatic rings. The number of carbonyl (C=O) groups excluding carboxylic acids is 1. The topological polar surface area (TPSA) is 56.2 Å². The number of nitrogens with zero attached hydrogens (tertiary/aromatic N) is 2. The van der Waals surface area contributed by atoms with E-state index in [9.17, 15) is 4.79 Å². The maximum atomic E-state index is 11.0. The first-order valence-electron chi connectivity index (χ1n) is 11.4. The zero-order valence-electron chi connectivity index (χ0n) is 19.1. The van der Waals surface area contributed by atoms with Crippen LogP contribution < -0.4 is 10.1 Å². The lowest BCUT2D eigenvalue weighted by Gasteiger charge is -2.13. The number of aromatic nitrogens is 2. The molecule has 0 spiro atoms. The monoisotopic (exact) mass is 421 g/mol. The van der Waals surface area contributed by atoms with Gasteiger partial charge < -0.3 is 14.6 Å². The van der Waals surface area contributed by atoms with Gasteiger partial charge in [0.25, 0.3) is 0 Å². The fourth-order valence-corrected chi connectivity index (χ4v) is 3.99. The van der Waals surface area contributed by atoms with Gasteiger partial charge in [-0.2, -0.15) is 0 Å². The summed E-state index contributed by atoms with van der Waals surface area (Å²) in [5.41, 5.74) is 4.68. The van der Waals surface area contributed by atoms with Gasteiger partial charge in [-0.05, 0) is 62.8 Å². The Hall–Kier alpha value is -2.82. The minimum Gasteiger partial charge on any atom is -0.493 e. The highest BCUT2D eigenvalue weighted by Crippen LogP contribution is 2.23. The first-order chi connectivity index (χ1) is 15.1. The van der Waals surface area contributed by atoms with Crippen LogP contribution in [0.2, 0.25) is 0 Å². The molecule has 1 N–H and O–H groups in total. The number of rotatable bonds is 12. The number of aryl methyl sites for hydroxylation is 4. The molecule has 0 fully saturated rings. The summed E-state index contributed by atoms with van der Waals surface area (Å²) in [6.45, 7) is 8.21. The van der Waals surface area contributed by atoms with Crippen LogP contribution in [0.4, 0.5) is 0 Å². The van der Waals surface area contributed by atoms with E-state index in [1.54, 1.807) is 6.92 Å². The van der Waals surface area contributed by atoms with Crippen LogP contribution in [-0.2, 0) is 17.8 Å². The fourth-order valence-electron chi connectivity index (χ4n) is 3.99. The van der Waals surface area contributed by atoms with E-state index in [4.69, 9.17) is 9.72 Å². The van der Waals surface area contributed by atoms with Crippen molar-refractivity contribution in [2.45, 2.75) is 65.8 Å². The van der Waals surface area contributed by atoms with Crippen molar-refractivity contribution in [3.63, 3.8) is 0 Å². The molecule has 2 aromatic carbocycles. The van der Waals surface area contributed by atoms with Gasteiger partial charge in [0.05, 0.1) is 17.6 Å². The zero-order valence-corrected chi connectivity index (χ0v) is 19.1. The highest BCUT2D eigenvalue weighted by molar-refractivity contribution is 5.75. The molecule has 0 unspecified atom stereocenters. The lowest BCUT2D eigenvalue weighted by Crippen LogP contribution is -2.20. The lowest BCUT2D eigenvalue weighted by molar-refractivity contribution is -0.118. The maximum Gasteiger partial charge on any atom is 0.216 e. The molecule has 1 heterocycles. The van der Waals surface area contributed by atoms with E-state index < -0.39 is 0 Å². The van der Waals surface area contributed by atoms with Crippen molar-refractivity contribution < 1.29 is 9.53 Å². The number of carbonyl (C=O) groups is 1. The molecule has 31 heavy (non-hydrogen) atoms.